The molecule has 0 amide bonds. The van der Waals surface area contributed by atoms with E-state index in [0.717, 1.165) is 5.56 Å². The van der Waals surface area contributed by atoms with E-state index in [1.807, 2.05) is 0 Å². The number of halogens is 1. The smallest absolute Gasteiger partial charge is 0.266 e. The van der Waals surface area contributed by atoms with Gasteiger partial charge >= 0.3 is 0 Å². The Balaban J connectivity index is 1.79. The van der Waals surface area contributed by atoms with E-state index in [0.29, 0.717) is 11.4 Å². The lowest BCUT2D eigenvalue weighted by Gasteiger charge is -2.12. The first-order chi connectivity index (χ1) is 12.9. The first-order valence-electron chi connectivity index (χ1n) is 8.03. The minimum atomic E-state index is -3.86. The molecule has 2 aromatic carbocycles. The highest BCUT2D eigenvalue weighted by atomic mass is 32.2. The molecule has 1 aromatic heterocycles. The molecule has 140 valence electrons. The second kappa shape index (κ2) is 7.63. The molecule has 0 fully saturated rings. The van der Waals surface area contributed by atoms with E-state index < -0.39 is 10.0 Å². The van der Waals surface area contributed by atoms with Crippen molar-refractivity contribution in [2.24, 2.45) is 0 Å². The Morgan fingerprint density at radius 3 is 2.52 bits per heavy atom. The topological polar surface area (TPSA) is 80.3 Å². The standard InChI is InChI=1S/C19H18FN3O3S/c1-13-6-8-17(26-2)18(10-13)27(24,25)23-19-9-7-16(12-21-19)22-15-5-3-4-14(20)11-15/h3-12,22H,1-2H3,(H,21,23). The summed E-state index contributed by atoms with van der Waals surface area (Å²) in [7, 11) is -2.45. The molecule has 3 rings (SSSR count). The van der Waals surface area contributed by atoms with E-state index in [1.54, 1.807) is 37.3 Å². The van der Waals surface area contributed by atoms with Gasteiger partial charge in [0, 0.05) is 5.69 Å². The van der Waals surface area contributed by atoms with Crippen LogP contribution in [-0.4, -0.2) is 20.5 Å². The highest BCUT2D eigenvalue weighted by molar-refractivity contribution is 7.92. The van der Waals surface area contributed by atoms with Crippen molar-refractivity contribution in [2.75, 3.05) is 17.1 Å². The van der Waals surface area contributed by atoms with Crippen molar-refractivity contribution in [3.63, 3.8) is 0 Å². The Morgan fingerprint density at radius 2 is 1.85 bits per heavy atom. The van der Waals surface area contributed by atoms with Crippen molar-refractivity contribution < 1.29 is 17.5 Å². The van der Waals surface area contributed by atoms with E-state index in [2.05, 4.69) is 15.0 Å². The average molecular weight is 387 g/mol. The van der Waals surface area contributed by atoms with Gasteiger partial charge in [-0.1, -0.05) is 12.1 Å². The molecular weight excluding hydrogens is 369 g/mol. The number of methoxy groups -OCH3 is 1. The van der Waals surface area contributed by atoms with Crippen LogP contribution >= 0.6 is 0 Å². The summed E-state index contributed by atoms with van der Waals surface area (Å²) < 4.78 is 46.1. The Kier molecular flexibility index (Phi) is 5.27. The average Bonchev–Trinajstić information content (AvgIpc) is 2.63. The highest BCUT2D eigenvalue weighted by Crippen LogP contribution is 2.26. The van der Waals surface area contributed by atoms with E-state index in [1.165, 1.54) is 37.6 Å². The number of hydrogen-bond acceptors (Lipinski definition) is 5. The van der Waals surface area contributed by atoms with Crippen LogP contribution in [0.15, 0.2) is 65.7 Å². The van der Waals surface area contributed by atoms with Gasteiger partial charge in [0.2, 0.25) is 0 Å². The largest absolute Gasteiger partial charge is 0.495 e. The summed E-state index contributed by atoms with van der Waals surface area (Å²) in [6.45, 7) is 1.80. The normalized spacial score (nSPS) is 11.1. The predicted octanol–water partition coefficient (Wildman–Crippen LogP) is 4.08. The summed E-state index contributed by atoms with van der Waals surface area (Å²) in [4.78, 5) is 4.13. The number of rotatable bonds is 6. The molecule has 0 aliphatic carbocycles. The van der Waals surface area contributed by atoms with Crippen molar-refractivity contribution in [1.82, 2.24) is 4.98 Å². The van der Waals surface area contributed by atoms with Gasteiger partial charge in [0.25, 0.3) is 10.0 Å². The molecule has 3 aromatic rings. The number of benzene rings is 2. The fourth-order valence-corrected chi connectivity index (χ4v) is 3.71. The number of nitrogens with one attached hydrogen (secondary N) is 2. The van der Waals surface area contributed by atoms with Gasteiger partial charge in [-0.05, 0) is 55.0 Å². The summed E-state index contributed by atoms with van der Waals surface area (Å²) in [6.07, 6.45) is 1.45. The van der Waals surface area contributed by atoms with Crippen LogP contribution in [0.3, 0.4) is 0 Å². The van der Waals surface area contributed by atoms with E-state index in [4.69, 9.17) is 4.74 Å². The molecule has 0 saturated carbocycles. The van der Waals surface area contributed by atoms with Crippen molar-refractivity contribution in [1.29, 1.82) is 0 Å². The van der Waals surface area contributed by atoms with Gasteiger partial charge in [-0.15, -0.1) is 0 Å². The van der Waals surface area contributed by atoms with Gasteiger partial charge in [-0.25, -0.2) is 17.8 Å². The number of aromatic nitrogens is 1. The zero-order valence-electron chi connectivity index (χ0n) is 14.7. The van der Waals surface area contributed by atoms with E-state index in [-0.39, 0.29) is 22.3 Å². The molecule has 0 bridgehead atoms. The van der Waals surface area contributed by atoms with Crippen LogP contribution in [0.5, 0.6) is 5.75 Å². The number of sulfonamides is 1. The summed E-state index contributed by atoms with van der Waals surface area (Å²) in [6, 6.07) is 14.0. The maximum absolute atomic E-state index is 13.2. The van der Waals surface area contributed by atoms with Crippen LogP contribution in [0.1, 0.15) is 5.56 Å². The SMILES string of the molecule is COc1ccc(C)cc1S(=O)(=O)Nc1ccc(Nc2cccc(F)c2)cn1. The third kappa shape index (κ3) is 4.53. The maximum atomic E-state index is 13.2. The Labute approximate surface area is 157 Å². The monoisotopic (exact) mass is 387 g/mol. The molecule has 6 nitrogen and oxygen atoms in total. The lowest BCUT2D eigenvalue weighted by atomic mass is 10.2. The molecule has 1 heterocycles. The first-order valence-corrected chi connectivity index (χ1v) is 9.52. The number of hydrogen-bond donors (Lipinski definition) is 2. The van der Waals surface area contributed by atoms with Gasteiger partial charge in [0.1, 0.15) is 22.3 Å². The van der Waals surface area contributed by atoms with Gasteiger partial charge in [-0.3, -0.25) is 4.72 Å². The molecule has 27 heavy (non-hydrogen) atoms. The molecule has 0 unspecified atom stereocenters. The van der Waals surface area contributed by atoms with E-state index in [9.17, 15) is 12.8 Å². The van der Waals surface area contributed by atoms with Gasteiger partial charge in [0.05, 0.1) is 19.0 Å². The minimum absolute atomic E-state index is 0.0359. The highest BCUT2D eigenvalue weighted by Gasteiger charge is 2.20. The molecule has 2 N–H and O–H groups in total. The van der Waals surface area contributed by atoms with Crippen molar-refractivity contribution in [3.8, 4) is 5.75 Å². The molecular formula is C19H18FN3O3S. The molecule has 0 aliphatic rings. The van der Waals surface area contributed by atoms with Crippen molar-refractivity contribution in [3.05, 3.63) is 72.2 Å². The summed E-state index contributed by atoms with van der Waals surface area (Å²) in [5.41, 5.74) is 1.95. The van der Waals surface area contributed by atoms with Gasteiger partial charge < -0.3 is 10.1 Å². The maximum Gasteiger partial charge on any atom is 0.266 e. The Bertz CT molecular complexity index is 1050. The molecule has 0 saturated heterocycles. The zero-order valence-corrected chi connectivity index (χ0v) is 15.5. The first kappa shape index (κ1) is 18.7. The molecule has 0 aliphatic heterocycles. The molecule has 8 heteroatoms. The van der Waals surface area contributed by atoms with E-state index >= 15 is 0 Å². The Hall–Kier alpha value is -3.13. The van der Waals surface area contributed by atoms with Crippen molar-refractivity contribution >= 4 is 27.2 Å². The minimum Gasteiger partial charge on any atom is -0.495 e. The summed E-state index contributed by atoms with van der Waals surface area (Å²) >= 11 is 0. The second-order valence-electron chi connectivity index (χ2n) is 5.83. The number of pyridine rings is 1. The van der Waals surface area contributed by atoms with Crippen LogP contribution in [0.4, 0.5) is 21.6 Å². The van der Waals surface area contributed by atoms with Crippen LogP contribution < -0.4 is 14.8 Å². The number of aryl methyl sites for hydroxylation is 1. The van der Waals surface area contributed by atoms with Crippen LogP contribution in [0, 0.1) is 12.7 Å². The lowest BCUT2D eigenvalue weighted by Crippen LogP contribution is -2.15. The molecule has 0 spiro atoms. The fraction of sp³-hybridized carbons (Fsp3) is 0.105. The predicted molar refractivity (Wildman–Crippen MR) is 102 cm³/mol. The summed E-state index contributed by atoms with van der Waals surface area (Å²) in [5.74, 6) is 0.0466. The third-order valence-electron chi connectivity index (χ3n) is 3.72. The van der Waals surface area contributed by atoms with Crippen LogP contribution in [-0.2, 0) is 10.0 Å². The number of nitrogens with zero attached hydrogens (tertiary/aromatic N) is 1. The zero-order chi connectivity index (χ0) is 19.4. The van der Waals surface area contributed by atoms with Crippen LogP contribution in [0.25, 0.3) is 0 Å². The lowest BCUT2D eigenvalue weighted by molar-refractivity contribution is 0.402. The van der Waals surface area contributed by atoms with Gasteiger partial charge in [-0.2, -0.15) is 0 Å². The van der Waals surface area contributed by atoms with Crippen molar-refractivity contribution in [2.45, 2.75) is 11.8 Å². The number of ether oxygens (including phenoxy) is 1. The van der Waals surface area contributed by atoms with Crippen LogP contribution in [0.2, 0.25) is 0 Å². The molecule has 0 radical (unpaired) electrons. The van der Waals surface area contributed by atoms with Gasteiger partial charge in [0.15, 0.2) is 0 Å². The number of anilines is 3. The quantitative estimate of drug-likeness (QED) is 0.666. The second-order valence-corrected chi connectivity index (χ2v) is 7.48. The Morgan fingerprint density at radius 1 is 1.04 bits per heavy atom. The molecule has 0 atom stereocenters. The summed E-state index contributed by atoms with van der Waals surface area (Å²) in [5, 5.41) is 2.99. The third-order valence-corrected chi connectivity index (χ3v) is 5.10. The fourth-order valence-electron chi connectivity index (χ4n) is 2.45.